The van der Waals surface area contributed by atoms with Gasteiger partial charge in [-0.3, -0.25) is 4.90 Å². The fourth-order valence-electron chi connectivity index (χ4n) is 2.04. The number of ether oxygens (including phenoxy) is 1. The van der Waals surface area contributed by atoms with Crippen molar-refractivity contribution in [3.05, 3.63) is 0 Å². The van der Waals surface area contributed by atoms with Gasteiger partial charge < -0.3 is 15.4 Å². The molecule has 1 atom stereocenters. The Labute approximate surface area is 107 Å². The second kappa shape index (κ2) is 7.08. The van der Waals surface area contributed by atoms with Crippen molar-refractivity contribution >= 4 is 17.8 Å². The number of amides is 2. The SMILES string of the molecule is O=C(NCCN1CCSCC1)NC1CCOC1. The van der Waals surface area contributed by atoms with Crippen LogP contribution in [0, 0.1) is 0 Å². The van der Waals surface area contributed by atoms with E-state index in [-0.39, 0.29) is 12.1 Å². The summed E-state index contributed by atoms with van der Waals surface area (Å²) in [4.78, 5) is 13.9. The number of nitrogens with one attached hydrogen (secondary N) is 2. The van der Waals surface area contributed by atoms with Crippen molar-refractivity contribution in [2.75, 3.05) is 50.9 Å². The van der Waals surface area contributed by atoms with E-state index in [4.69, 9.17) is 4.74 Å². The van der Waals surface area contributed by atoms with Crippen LogP contribution in [-0.2, 0) is 4.74 Å². The lowest BCUT2D eigenvalue weighted by Crippen LogP contribution is -2.45. The zero-order valence-electron chi connectivity index (χ0n) is 10.1. The van der Waals surface area contributed by atoms with Gasteiger partial charge in [-0.15, -0.1) is 0 Å². The Hall–Kier alpha value is -0.460. The highest BCUT2D eigenvalue weighted by Gasteiger charge is 2.17. The van der Waals surface area contributed by atoms with Crippen molar-refractivity contribution in [2.45, 2.75) is 12.5 Å². The maximum atomic E-state index is 11.5. The van der Waals surface area contributed by atoms with E-state index in [0.29, 0.717) is 6.61 Å². The summed E-state index contributed by atoms with van der Waals surface area (Å²) in [6, 6.07) is 0.133. The maximum absolute atomic E-state index is 11.5. The van der Waals surface area contributed by atoms with Gasteiger partial charge >= 0.3 is 6.03 Å². The summed E-state index contributed by atoms with van der Waals surface area (Å²) in [5.41, 5.74) is 0. The number of hydrogen-bond donors (Lipinski definition) is 2. The molecule has 98 valence electrons. The molecule has 0 bridgehead atoms. The molecule has 1 unspecified atom stereocenters. The zero-order chi connectivity index (χ0) is 11.9. The number of carbonyl (C=O) groups excluding carboxylic acids is 1. The first-order chi connectivity index (χ1) is 8.34. The average Bonchev–Trinajstić information content (AvgIpc) is 2.83. The molecular weight excluding hydrogens is 238 g/mol. The van der Waals surface area contributed by atoms with Crippen LogP contribution >= 0.6 is 11.8 Å². The number of hydrogen-bond acceptors (Lipinski definition) is 4. The van der Waals surface area contributed by atoms with Crippen molar-refractivity contribution in [1.82, 2.24) is 15.5 Å². The van der Waals surface area contributed by atoms with Crippen molar-refractivity contribution in [2.24, 2.45) is 0 Å². The lowest BCUT2D eigenvalue weighted by molar-refractivity contribution is 0.188. The summed E-state index contributed by atoms with van der Waals surface area (Å²) >= 11 is 2.00. The van der Waals surface area contributed by atoms with Crippen LogP contribution < -0.4 is 10.6 Å². The Morgan fingerprint density at radius 1 is 1.41 bits per heavy atom. The van der Waals surface area contributed by atoms with E-state index in [1.165, 1.54) is 11.5 Å². The van der Waals surface area contributed by atoms with Crippen LogP contribution in [-0.4, -0.2) is 67.9 Å². The second-order valence-corrected chi connectivity index (χ2v) is 5.64. The Morgan fingerprint density at radius 3 is 2.94 bits per heavy atom. The summed E-state index contributed by atoms with van der Waals surface area (Å²) in [7, 11) is 0. The molecule has 0 spiro atoms. The summed E-state index contributed by atoms with van der Waals surface area (Å²) in [6.07, 6.45) is 0.927. The number of rotatable bonds is 4. The quantitative estimate of drug-likeness (QED) is 0.753. The summed E-state index contributed by atoms with van der Waals surface area (Å²) in [6.45, 7) is 5.38. The van der Waals surface area contributed by atoms with Gasteiger partial charge in [-0.05, 0) is 6.42 Å². The molecule has 2 N–H and O–H groups in total. The molecule has 0 aliphatic carbocycles. The molecule has 2 saturated heterocycles. The monoisotopic (exact) mass is 259 g/mol. The van der Waals surface area contributed by atoms with Crippen LogP contribution in [0.1, 0.15) is 6.42 Å². The van der Waals surface area contributed by atoms with Crippen molar-refractivity contribution in [1.29, 1.82) is 0 Å². The predicted octanol–water partition coefficient (Wildman–Crippen LogP) is 0.123. The van der Waals surface area contributed by atoms with Crippen LogP contribution in [0.2, 0.25) is 0 Å². The number of thioether (sulfide) groups is 1. The summed E-state index contributed by atoms with van der Waals surface area (Å²) in [5, 5.41) is 5.82. The van der Waals surface area contributed by atoms with Gasteiger partial charge in [0.2, 0.25) is 0 Å². The molecule has 2 fully saturated rings. The Balaban J connectivity index is 1.53. The number of carbonyl (C=O) groups is 1. The van der Waals surface area contributed by atoms with Crippen LogP contribution in [0.5, 0.6) is 0 Å². The van der Waals surface area contributed by atoms with E-state index in [2.05, 4.69) is 15.5 Å². The molecule has 2 heterocycles. The highest BCUT2D eigenvalue weighted by Crippen LogP contribution is 2.07. The summed E-state index contributed by atoms with van der Waals surface area (Å²) in [5.74, 6) is 2.43. The van der Waals surface area contributed by atoms with Gasteiger partial charge in [0.05, 0.1) is 12.6 Å². The first-order valence-corrected chi connectivity index (χ1v) is 7.42. The fourth-order valence-corrected chi connectivity index (χ4v) is 3.02. The highest BCUT2D eigenvalue weighted by atomic mass is 32.2. The molecule has 0 aromatic rings. The third-order valence-corrected chi connectivity index (χ3v) is 4.02. The highest BCUT2D eigenvalue weighted by molar-refractivity contribution is 7.99. The van der Waals surface area contributed by atoms with Gasteiger partial charge in [-0.2, -0.15) is 11.8 Å². The largest absolute Gasteiger partial charge is 0.379 e. The molecule has 2 aliphatic rings. The molecule has 2 rings (SSSR count). The smallest absolute Gasteiger partial charge is 0.315 e. The van der Waals surface area contributed by atoms with E-state index in [1.807, 2.05) is 11.8 Å². The Bertz CT molecular complexity index is 241. The topological polar surface area (TPSA) is 53.6 Å². The lowest BCUT2D eigenvalue weighted by Gasteiger charge is -2.26. The molecule has 0 aromatic carbocycles. The van der Waals surface area contributed by atoms with Crippen LogP contribution in [0.15, 0.2) is 0 Å². The van der Waals surface area contributed by atoms with Gasteiger partial charge in [0.15, 0.2) is 0 Å². The average molecular weight is 259 g/mol. The molecule has 0 radical (unpaired) electrons. The van der Waals surface area contributed by atoms with E-state index in [9.17, 15) is 4.79 Å². The molecular formula is C11H21N3O2S. The number of urea groups is 1. The third kappa shape index (κ3) is 4.73. The molecule has 0 saturated carbocycles. The minimum Gasteiger partial charge on any atom is -0.379 e. The number of nitrogens with zero attached hydrogens (tertiary/aromatic N) is 1. The van der Waals surface area contributed by atoms with Gasteiger partial charge in [0, 0.05) is 44.3 Å². The fraction of sp³-hybridized carbons (Fsp3) is 0.909. The first kappa shape index (κ1) is 13.0. The summed E-state index contributed by atoms with van der Waals surface area (Å²) < 4.78 is 5.20. The van der Waals surface area contributed by atoms with Crippen molar-refractivity contribution in [3.8, 4) is 0 Å². The van der Waals surface area contributed by atoms with Gasteiger partial charge in [0.1, 0.15) is 0 Å². The van der Waals surface area contributed by atoms with Gasteiger partial charge in [-0.25, -0.2) is 4.79 Å². The maximum Gasteiger partial charge on any atom is 0.315 e. The third-order valence-electron chi connectivity index (χ3n) is 3.08. The van der Waals surface area contributed by atoms with Crippen LogP contribution in [0.4, 0.5) is 4.79 Å². The van der Waals surface area contributed by atoms with E-state index in [0.717, 1.165) is 39.2 Å². The zero-order valence-corrected chi connectivity index (χ0v) is 10.9. The molecule has 5 nitrogen and oxygen atoms in total. The van der Waals surface area contributed by atoms with E-state index >= 15 is 0 Å². The van der Waals surface area contributed by atoms with Crippen LogP contribution in [0.3, 0.4) is 0 Å². The molecule has 2 amide bonds. The van der Waals surface area contributed by atoms with E-state index in [1.54, 1.807) is 0 Å². The minimum absolute atomic E-state index is 0.0631. The molecule has 0 aromatic heterocycles. The van der Waals surface area contributed by atoms with Crippen molar-refractivity contribution < 1.29 is 9.53 Å². The molecule has 2 aliphatic heterocycles. The van der Waals surface area contributed by atoms with Gasteiger partial charge in [-0.1, -0.05) is 0 Å². The lowest BCUT2D eigenvalue weighted by atomic mass is 10.3. The normalized spacial score (nSPS) is 25.8. The van der Waals surface area contributed by atoms with Crippen LogP contribution in [0.25, 0.3) is 0 Å². The molecule has 6 heteroatoms. The van der Waals surface area contributed by atoms with Gasteiger partial charge in [0.25, 0.3) is 0 Å². The Kier molecular flexibility index (Phi) is 5.41. The minimum atomic E-state index is -0.0631. The molecule has 17 heavy (non-hydrogen) atoms. The Morgan fingerprint density at radius 2 is 2.24 bits per heavy atom. The first-order valence-electron chi connectivity index (χ1n) is 6.27. The standard InChI is InChI=1S/C11H21N3O2S/c15-11(13-10-1-6-16-9-10)12-2-3-14-4-7-17-8-5-14/h10H,1-9H2,(H2,12,13,15). The van der Waals surface area contributed by atoms with Crippen molar-refractivity contribution in [3.63, 3.8) is 0 Å². The predicted molar refractivity (Wildman–Crippen MR) is 69.5 cm³/mol. The van der Waals surface area contributed by atoms with E-state index < -0.39 is 0 Å². The second-order valence-electron chi connectivity index (χ2n) is 4.41.